The Hall–Kier alpha value is -13.6. The SMILES string of the molecule is Cn1cncc1C(=O)Nc1ccccc1-c1c2nc(c(-c3ccccc3NC(=O)c3cncn3C)c3ccc([nH]3)c(-c3ccccc3NC(=O)c3cncn3-c3ccccc3O)c3nc(c(-c4ccccc4NC(=O)c4cccc(Cn5ccnc5)c4)c4ccc1[nH]4)C=C3)C=C2. The summed E-state index contributed by atoms with van der Waals surface area (Å²) in [4.78, 5) is 93.5. The molecule has 0 aliphatic carbocycles. The standard InChI is InChI=1S/C75H56N16O5/c1-88-41-77-37-64(88)73(94)85-52-21-8-4-17-48(52)69-57-28-26-55(80-57)68(47-16-3-7-20-51(47)84-72(93)46-15-13-14-45(36-46)40-90-35-34-76-43-90)56-27-29-61(81-56)71(50-19-6-10-23-54(50)87-75(96)66-39-79-44-91(66)63-24-11-12-25-67(63)92)62-33-32-60(83-62)70(59-31-30-58(69)82-59)49-18-5-9-22-53(49)86-74(95)65-38-78-42-89(65)2/h3-39,41-44,80,83,92H,40H2,1-2H3,(H,84,93)(H,85,94)(H,86,95)(H,87,96). The third-order valence-corrected chi connectivity index (χ3v) is 16.8. The molecule has 0 atom stereocenters. The van der Waals surface area contributed by atoms with Crippen LogP contribution in [0.5, 0.6) is 5.75 Å². The number of para-hydroxylation sites is 6. The third-order valence-electron chi connectivity index (χ3n) is 16.8. The maximum Gasteiger partial charge on any atom is 0.274 e. The summed E-state index contributed by atoms with van der Waals surface area (Å²) >= 11 is 0. The van der Waals surface area contributed by atoms with Crippen molar-refractivity contribution in [1.82, 2.24) is 58.1 Å². The molecular weight excluding hydrogens is 1200 g/mol. The minimum Gasteiger partial charge on any atom is -0.506 e. The van der Waals surface area contributed by atoms with Gasteiger partial charge in [0.15, 0.2) is 0 Å². The largest absolute Gasteiger partial charge is 0.506 e. The second kappa shape index (κ2) is 24.9. The number of phenols is 1. The first-order valence-corrected chi connectivity index (χ1v) is 30.5. The molecule has 13 aromatic rings. The number of nitrogens with zero attached hydrogens (tertiary/aromatic N) is 10. The Morgan fingerprint density at radius 3 is 1.26 bits per heavy atom. The van der Waals surface area contributed by atoms with E-state index in [9.17, 15) is 24.3 Å². The number of nitrogens with one attached hydrogen (secondary N) is 6. The predicted molar refractivity (Wildman–Crippen MR) is 372 cm³/mol. The van der Waals surface area contributed by atoms with Gasteiger partial charge in [0, 0.05) is 128 Å². The van der Waals surface area contributed by atoms with E-state index in [0.29, 0.717) is 141 Å². The average molecular weight is 1260 g/mol. The highest BCUT2D eigenvalue weighted by molar-refractivity contribution is 6.12. The lowest BCUT2D eigenvalue weighted by molar-refractivity contribution is 0.101. The van der Waals surface area contributed by atoms with Gasteiger partial charge in [-0.05, 0) is 103 Å². The molecule has 9 heterocycles. The maximum atomic E-state index is 14.8. The summed E-state index contributed by atoms with van der Waals surface area (Å²) in [6.45, 7) is 0.517. The second-order valence-electron chi connectivity index (χ2n) is 22.9. The van der Waals surface area contributed by atoms with Crippen LogP contribution in [0.25, 0.3) is 96.6 Å². The molecule has 0 spiro atoms. The highest BCUT2D eigenvalue weighted by Crippen LogP contribution is 2.43. The molecule has 0 unspecified atom stereocenters. The number of aromatic amines is 2. The van der Waals surface area contributed by atoms with Gasteiger partial charge in [0.05, 0.1) is 72.4 Å². The topological polar surface area (TPSA) is 265 Å². The van der Waals surface area contributed by atoms with Crippen molar-refractivity contribution in [3.8, 4) is 55.9 Å². The fourth-order valence-electron chi connectivity index (χ4n) is 12.2. The number of imidazole rings is 4. The number of phenolic OH excluding ortho intramolecular Hbond substituents is 1. The Labute approximate surface area is 547 Å². The molecule has 466 valence electrons. The zero-order valence-electron chi connectivity index (χ0n) is 51.4. The molecule has 96 heavy (non-hydrogen) atoms. The number of hydrogen-bond acceptors (Lipinski definition) is 11. The van der Waals surface area contributed by atoms with Crippen LogP contribution in [0.4, 0.5) is 22.7 Å². The highest BCUT2D eigenvalue weighted by Gasteiger charge is 2.26. The summed E-state index contributed by atoms with van der Waals surface area (Å²) in [5.74, 6) is -1.63. The number of carbonyl (C=O) groups excluding carboxylic acids is 4. The van der Waals surface area contributed by atoms with E-state index in [1.807, 2.05) is 175 Å². The van der Waals surface area contributed by atoms with Crippen LogP contribution in [0, 0.1) is 0 Å². The minimum atomic E-state index is -0.504. The lowest BCUT2D eigenvalue weighted by Crippen LogP contribution is -2.16. The van der Waals surface area contributed by atoms with E-state index < -0.39 is 5.91 Å². The van der Waals surface area contributed by atoms with Crippen LogP contribution in [-0.2, 0) is 20.6 Å². The van der Waals surface area contributed by atoms with Crippen LogP contribution in [0.15, 0.2) is 226 Å². The van der Waals surface area contributed by atoms with E-state index in [-0.39, 0.29) is 29.2 Å². The van der Waals surface area contributed by atoms with Crippen LogP contribution in [0.3, 0.4) is 0 Å². The van der Waals surface area contributed by atoms with Crippen molar-refractivity contribution in [3.63, 3.8) is 0 Å². The van der Waals surface area contributed by atoms with Gasteiger partial charge in [-0.3, -0.25) is 23.7 Å². The lowest BCUT2D eigenvalue weighted by atomic mass is 10.0. The number of aromatic hydroxyl groups is 1. The summed E-state index contributed by atoms with van der Waals surface area (Å²) in [5.41, 5.74) is 13.8. The van der Waals surface area contributed by atoms with Crippen LogP contribution in [-0.4, -0.2) is 86.9 Å². The fourth-order valence-corrected chi connectivity index (χ4v) is 12.2. The smallest absolute Gasteiger partial charge is 0.274 e. The van der Waals surface area contributed by atoms with Crippen molar-refractivity contribution in [2.24, 2.45) is 14.1 Å². The number of fused-ring (bicyclic) bond motifs is 8. The molecule has 0 saturated heterocycles. The first-order chi connectivity index (χ1) is 47.0. The number of carbonyl (C=O) groups is 4. The molecule has 0 saturated carbocycles. The Morgan fingerprint density at radius 1 is 0.427 bits per heavy atom. The van der Waals surface area contributed by atoms with Crippen molar-refractivity contribution < 1.29 is 24.3 Å². The predicted octanol–water partition coefficient (Wildman–Crippen LogP) is 13.9. The number of H-pyrrole nitrogens is 2. The monoisotopic (exact) mass is 1260 g/mol. The van der Waals surface area contributed by atoms with E-state index in [1.165, 1.54) is 29.5 Å². The summed E-state index contributed by atoms with van der Waals surface area (Å²) in [7, 11) is 3.51. The fraction of sp³-hybridized carbons (Fsp3) is 0.0400. The number of amides is 4. The van der Waals surface area contributed by atoms with Gasteiger partial charge in [-0.2, -0.15) is 0 Å². The Kier molecular flexibility index (Phi) is 15.3. The van der Waals surface area contributed by atoms with Gasteiger partial charge >= 0.3 is 0 Å². The molecular formula is C75H56N16O5. The molecule has 0 fully saturated rings. The molecule has 15 rings (SSSR count). The first-order valence-electron chi connectivity index (χ1n) is 30.5. The Balaban J connectivity index is 0.990. The van der Waals surface area contributed by atoms with Crippen molar-refractivity contribution in [2.45, 2.75) is 6.54 Å². The molecule has 2 aliphatic heterocycles. The first kappa shape index (κ1) is 58.8. The van der Waals surface area contributed by atoms with Gasteiger partial charge in [0.1, 0.15) is 22.8 Å². The van der Waals surface area contributed by atoms with Gasteiger partial charge in [-0.25, -0.2) is 29.9 Å². The summed E-state index contributed by atoms with van der Waals surface area (Å²) in [6.07, 6.45) is 22.1. The van der Waals surface area contributed by atoms with E-state index in [1.54, 1.807) is 78.7 Å². The van der Waals surface area contributed by atoms with E-state index in [0.717, 1.165) is 5.56 Å². The number of aryl methyl sites for hydroxylation is 2. The Morgan fingerprint density at radius 2 is 0.833 bits per heavy atom. The molecule has 6 aromatic carbocycles. The van der Waals surface area contributed by atoms with Gasteiger partial charge in [0.25, 0.3) is 23.6 Å². The summed E-state index contributed by atoms with van der Waals surface area (Å²) in [5, 5.41) is 23.7. The molecule has 7 N–H and O–H groups in total. The molecule has 8 bridgehead atoms. The van der Waals surface area contributed by atoms with Gasteiger partial charge in [-0.1, -0.05) is 97.1 Å². The molecule has 21 nitrogen and oxygen atoms in total. The van der Waals surface area contributed by atoms with Crippen molar-refractivity contribution >= 4 is 92.7 Å². The van der Waals surface area contributed by atoms with E-state index in [2.05, 4.69) is 51.2 Å². The Bertz CT molecular complexity index is 5510. The van der Waals surface area contributed by atoms with Crippen molar-refractivity contribution in [2.75, 3.05) is 21.3 Å². The quantitative estimate of drug-likeness (QED) is 0.0507. The molecule has 4 amide bonds. The number of aromatic nitrogens is 12. The number of benzene rings is 6. The molecule has 2 aliphatic rings. The number of hydrogen-bond donors (Lipinski definition) is 7. The van der Waals surface area contributed by atoms with Gasteiger partial charge in [-0.15, -0.1) is 0 Å². The van der Waals surface area contributed by atoms with Gasteiger partial charge < -0.3 is 50.0 Å². The maximum absolute atomic E-state index is 14.8. The van der Waals surface area contributed by atoms with Gasteiger partial charge in [0.2, 0.25) is 0 Å². The number of rotatable bonds is 15. The zero-order chi connectivity index (χ0) is 65.4. The summed E-state index contributed by atoms with van der Waals surface area (Å²) < 4.78 is 6.76. The van der Waals surface area contributed by atoms with Crippen LogP contribution in [0.1, 0.15) is 70.2 Å². The van der Waals surface area contributed by atoms with Crippen molar-refractivity contribution in [1.29, 1.82) is 0 Å². The van der Waals surface area contributed by atoms with E-state index in [4.69, 9.17) is 9.97 Å². The van der Waals surface area contributed by atoms with E-state index >= 15 is 0 Å². The molecule has 7 aromatic heterocycles. The zero-order valence-corrected chi connectivity index (χ0v) is 51.4. The average Bonchev–Trinajstić information content (AvgIpc) is 1.58. The summed E-state index contributed by atoms with van der Waals surface area (Å²) in [6, 6.07) is 52.0. The third kappa shape index (κ3) is 11.2. The number of anilines is 4. The minimum absolute atomic E-state index is 0.0366. The highest BCUT2D eigenvalue weighted by atomic mass is 16.3. The second-order valence-corrected chi connectivity index (χ2v) is 22.9. The normalized spacial score (nSPS) is 11.6. The van der Waals surface area contributed by atoms with Crippen LogP contribution < -0.4 is 21.3 Å². The van der Waals surface area contributed by atoms with Crippen molar-refractivity contribution in [3.05, 3.63) is 277 Å². The van der Waals surface area contributed by atoms with Crippen LogP contribution in [0.2, 0.25) is 0 Å². The van der Waals surface area contributed by atoms with Crippen LogP contribution >= 0.6 is 0 Å². The lowest BCUT2D eigenvalue weighted by Gasteiger charge is -2.15. The molecule has 21 heteroatoms. The molecule has 0 radical (unpaired) electrons.